The van der Waals surface area contributed by atoms with E-state index in [4.69, 9.17) is 4.74 Å². The van der Waals surface area contributed by atoms with Crippen molar-refractivity contribution in [3.63, 3.8) is 0 Å². The topological polar surface area (TPSA) is 61.8 Å². The van der Waals surface area contributed by atoms with Gasteiger partial charge in [-0.2, -0.15) is 0 Å². The summed E-state index contributed by atoms with van der Waals surface area (Å²) in [6, 6.07) is 0.818. The van der Waals surface area contributed by atoms with Gasteiger partial charge in [-0.05, 0) is 46.0 Å². The summed E-state index contributed by atoms with van der Waals surface area (Å²) in [5.74, 6) is -0.666. The summed E-state index contributed by atoms with van der Waals surface area (Å²) in [5, 5.41) is 13.1. The van der Waals surface area contributed by atoms with E-state index < -0.39 is 11.5 Å². The molecule has 114 valence electrons. The van der Waals surface area contributed by atoms with Gasteiger partial charge in [0, 0.05) is 25.2 Å². The number of aliphatic carboxylic acids is 1. The molecule has 0 aromatic rings. The molecule has 20 heavy (non-hydrogen) atoms. The third-order valence-electron chi connectivity index (χ3n) is 4.92. The SMILES string of the molecule is C[C@@H]1CN(C2CCC(NC3CC3)(C(=O)O)C2)C[C@H](C)O1. The van der Waals surface area contributed by atoms with Crippen molar-refractivity contribution in [2.45, 2.75) is 75.8 Å². The van der Waals surface area contributed by atoms with E-state index in [0.29, 0.717) is 12.1 Å². The molecule has 4 atom stereocenters. The zero-order chi connectivity index (χ0) is 14.3. The molecule has 3 rings (SSSR count). The Hall–Kier alpha value is -0.650. The Kier molecular flexibility index (Phi) is 3.77. The fourth-order valence-corrected chi connectivity index (χ4v) is 3.85. The molecular weight excluding hydrogens is 256 g/mol. The molecule has 3 fully saturated rings. The van der Waals surface area contributed by atoms with E-state index >= 15 is 0 Å². The van der Waals surface area contributed by atoms with Gasteiger partial charge in [0.2, 0.25) is 0 Å². The van der Waals surface area contributed by atoms with Gasteiger partial charge in [-0.1, -0.05) is 0 Å². The Labute approximate surface area is 120 Å². The van der Waals surface area contributed by atoms with Crippen LogP contribution >= 0.6 is 0 Å². The molecule has 3 aliphatic rings. The molecule has 0 bridgehead atoms. The van der Waals surface area contributed by atoms with Gasteiger partial charge in [0.25, 0.3) is 0 Å². The summed E-state index contributed by atoms with van der Waals surface area (Å²) < 4.78 is 5.78. The van der Waals surface area contributed by atoms with Crippen LogP contribution < -0.4 is 5.32 Å². The number of carboxylic acid groups (broad SMARTS) is 1. The van der Waals surface area contributed by atoms with Crippen LogP contribution in [0.1, 0.15) is 46.0 Å². The van der Waals surface area contributed by atoms with Gasteiger partial charge in [0.15, 0.2) is 0 Å². The molecule has 1 heterocycles. The average molecular weight is 282 g/mol. The molecule has 0 radical (unpaired) electrons. The normalized spacial score (nSPS) is 42.8. The van der Waals surface area contributed by atoms with Gasteiger partial charge in [0.05, 0.1) is 12.2 Å². The first-order valence-electron chi connectivity index (χ1n) is 7.89. The highest BCUT2D eigenvalue weighted by molar-refractivity contribution is 5.79. The van der Waals surface area contributed by atoms with Crippen molar-refractivity contribution >= 4 is 5.97 Å². The minimum atomic E-state index is -0.684. The summed E-state index contributed by atoms with van der Waals surface area (Å²) in [6.45, 7) is 6.05. The molecule has 2 unspecified atom stereocenters. The highest BCUT2D eigenvalue weighted by Crippen LogP contribution is 2.37. The molecule has 1 saturated heterocycles. The van der Waals surface area contributed by atoms with Crippen LogP contribution in [0.15, 0.2) is 0 Å². The van der Waals surface area contributed by atoms with Crippen LogP contribution in [0.5, 0.6) is 0 Å². The monoisotopic (exact) mass is 282 g/mol. The molecule has 2 saturated carbocycles. The summed E-state index contributed by atoms with van der Waals surface area (Å²) in [5.41, 5.74) is -0.684. The third-order valence-corrected chi connectivity index (χ3v) is 4.92. The summed E-state index contributed by atoms with van der Waals surface area (Å²) in [4.78, 5) is 14.2. The summed E-state index contributed by atoms with van der Waals surface area (Å²) in [7, 11) is 0. The van der Waals surface area contributed by atoms with E-state index in [2.05, 4.69) is 24.1 Å². The predicted molar refractivity (Wildman–Crippen MR) is 75.7 cm³/mol. The molecule has 5 nitrogen and oxygen atoms in total. The number of nitrogens with one attached hydrogen (secondary N) is 1. The largest absolute Gasteiger partial charge is 0.480 e. The molecule has 0 aromatic heterocycles. The van der Waals surface area contributed by atoms with Crippen LogP contribution in [0, 0.1) is 0 Å². The van der Waals surface area contributed by atoms with Crippen LogP contribution in [-0.4, -0.2) is 58.9 Å². The van der Waals surface area contributed by atoms with E-state index in [9.17, 15) is 9.90 Å². The minimum absolute atomic E-state index is 0.245. The Bertz CT molecular complexity index is 375. The second kappa shape index (κ2) is 5.28. The van der Waals surface area contributed by atoms with Crippen molar-refractivity contribution in [3.8, 4) is 0 Å². The van der Waals surface area contributed by atoms with Crippen molar-refractivity contribution < 1.29 is 14.6 Å². The molecule has 1 aliphatic heterocycles. The Morgan fingerprint density at radius 1 is 1.25 bits per heavy atom. The molecule has 0 aromatic carbocycles. The van der Waals surface area contributed by atoms with Gasteiger partial charge in [-0.3, -0.25) is 15.0 Å². The highest BCUT2D eigenvalue weighted by atomic mass is 16.5. The van der Waals surface area contributed by atoms with Crippen molar-refractivity contribution in [1.82, 2.24) is 10.2 Å². The van der Waals surface area contributed by atoms with E-state index in [1.807, 2.05) is 0 Å². The number of carbonyl (C=O) groups is 1. The minimum Gasteiger partial charge on any atom is -0.480 e. The van der Waals surface area contributed by atoms with Crippen LogP contribution in [0.2, 0.25) is 0 Å². The van der Waals surface area contributed by atoms with Gasteiger partial charge in [-0.25, -0.2) is 0 Å². The smallest absolute Gasteiger partial charge is 0.323 e. The maximum Gasteiger partial charge on any atom is 0.323 e. The number of ether oxygens (including phenoxy) is 1. The van der Waals surface area contributed by atoms with Gasteiger partial charge >= 0.3 is 5.97 Å². The first kappa shape index (κ1) is 14.3. The summed E-state index contributed by atoms with van der Waals surface area (Å²) in [6.07, 6.45) is 5.22. The lowest BCUT2D eigenvalue weighted by Gasteiger charge is -2.39. The van der Waals surface area contributed by atoms with E-state index in [0.717, 1.165) is 45.2 Å². The Morgan fingerprint density at radius 3 is 2.45 bits per heavy atom. The first-order chi connectivity index (χ1) is 9.48. The van der Waals surface area contributed by atoms with Crippen LogP contribution in [-0.2, 0) is 9.53 Å². The van der Waals surface area contributed by atoms with Gasteiger partial charge in [-0.15, -0.1) is 0 Å². The average Bonchev–Trinajstić information content (AvgIpc) is 3.04. The Balaban J connectivity index is 1.66. The van der Waals surface area contributed by atoms with Gasteiger partial charge < -0.3 is 9.84 Å². The van der Waals surface area contributed by atoms with E-state index in [1.54, 1.807) is 0 Å². The van der Waals surface area contributed by atoms with Crippen molar-refractivity contribution in [3.05, 3.63) is 0 Å². The number of morpholine rings is 1. The maximum absolute atomic E-state index is 11.7. The van der Waals surface area contributed by atoms with Crippen LogP contribution in [0.3, 0.4) is 0 Å². The molecule has 0 amide bonds. The standard InChI is InChI=1S/C15H26N2O3/c1-10-8-17(9-11(2)20-10)13-5-6-15(7-13,14(18)19)16-12-3-4-12/h10-13,16H,3-9H2,1-2H3,(H,18,19)/t10-,11+,13?,15?. The first-order valence-corrected chi connectivity index (χ1v) is 7.89. The Morgan fingerprint density at radius 2 is 1.90 bits per heavy atom. The van der Waals surface area contributed by atoms with Crippen LogP contribution in [0.4, 0.5) is 0 Å². The number of nitrogens with zero attached hydrogens (tertiary/aromatic N) is 1. The van der Waals surface area contributed by atoms with E-state index in [-0.39, 0.29) is 12.2 Å². The summed E-state index contributed by atoms with van der Waals surface area (Å²) >= 11 is 0. The predicted octanol–water partition coefficient (Wildman–Crippen LogP) is 1.22. The lowest BCUT2D eigenvalue weighted by Crippen LogP contribution is -2.54. The van der Waals surface area contributed by atoms with E-state index in [1.165, 1.54) is 0 Å². The molecule has 2 N–H and O–H groups in total. The zero-order valence-corrected chi connectivity index (χ0v) is 12.5. The lowest BCUT2D eigenvalue weighted by molar-refractivity contribution is -0.145. The fraction of sp³-hybridized carbons (Fsp3) is 0.933. The molecular formula is C15H26N2O3. The molecule has 0 spiro atoms. The third kappa shape index (κ3) is 2.85. The number of hydrogen-bond acceptors (Lipinski definition) is 4. The number of hydrogen-bond donors (Lipinski definition) is 2. The van der Waals surface area contributed by atoms with Crippen molar-refractivity contribution in [2.75, 3.05) is 13.1 Å². The quantitative estimate of drug-likeness (QED) is 0.812. The molecule has 5 heteroatoms. The number of carboxylic acids is 1. The van der Waals surface area contributed by atoms with Crippen LogP contribution in [0.25, 0.3) is 0 Å². The lowest BCUT2D eigenvalue weighted by atomic mass is 9.96. The van der Waals surface area contributed by atoms with Gasteiger partial charge in [0.1, 0.15) is 5.54 Å². The maximum atomic E-state index is 11.7. The highest BCUT2D eigenvalue weighted by Gasteiger charge is 2.49. The second-order valence-electron chi connectivity index (χ2n) is 6.91. The molecule has 2 aliphatic carbocycles. The van der Waals surface area contributed by atoms with Crippen molar-refractivity contribution in [2.24, 2.45) is 0 Å². The number of rotatable bonds is 4. The van der Waals surface area contributed by atoms with Crippen molar-refractivity contribution in [1.29, 1.82) is 0 Å². The second-order valence-corrected chi connectivity index (χ2v) is 6.91. The zero-order valence-electron chi connectivity index (χ0n) is 12.5. The fourth-order valence-electron chi connectivity index (χ4n) is 3.85.